The van der Waals surface area contributed by atoms with Crippen LogP contribution in [0.1, 0.15) is 22.8 Å². The topological polar surface area (TPSA) is 84.9 Å². The van der Waals surface area contributed by atoms with Gasteiger partial charge in [0.1, 0.15) is 12.4 Å². The third-order valence-electron chi connectivity index (χ3n) is 4.09. The summed E-state index contributed by atoms with van der Waals surface area (Å²) in [6.07, 6.45) is -1.04. The summed E-state index contributed by atoms with van der Waals surface area (Å²) >= 11 is 0. The number of nitrogens with one attached hydrogen (secondary N) is 1. The molecule has 3 rings (SSSR count). The fourth-order valence-electron chi connectivity index (χ4n) is 2.60. The van der Waals surface area contributed by atoms with Gasteiger partial charge in [-0.15, -0.1) is 0 Å². The summed E-state index contributed by atoms with van der Waals surface area (Å²) in [7, 11) is 0. The van der Waals surface area contributed by atoms with Crippen molar-refractivity contribution >= 4 is 17.9 Å². The molecule has 0 saturated carbocycles. The minimum Gasteiger partial charge on any atom is -0.489 e. The van der Waals surface area contributed by atoms with Crippen molar-refractivity contribution < 1.29 is 23.9 Å². The summed E-state index contributed by atoms with van der Waals surface area (Å²) < 4.78 is 10.8. The van der Waals surface area contributed by atoms with Gasteiger partial charge < -0.3 is 14.8 Å². The molecule has 0 spiro atoms. The predicted molar refractivity (Wildman–Crippen MR) is 97.2 cm³/mol. The van der Waals surface area contributed by atoms with Gasteiger partial charge in [-0.25, -0.2) is 9.59 Å². The number of nitrogens with zero attached hydrogens (tertiary/aromatic N) is 1. The lowest BCUT2D eigenvalue weighted by atomic mass is 10.1. The van der Waals surface area contributed by atoms with Gasteiger partial charge >= 0.3 is 12.0 Å². The van der Waals surface area contributed by atoms with E-state index in [-0.39, 0.29) is 6.54 Å². The Morgan fingerprint density at radius 1 is 1.11 bits per heavy atom. The van der Waals surface area contributed by atoms with Gasteiger partial charge in [0.25, 0.3) is 5.91 Å². The fourth-order valence-corrected chi connectivity index (χ4v) is 2.60. The molecule has 1 aliphatic heterocycles. The van der Waals surface area contributed by atoms with Gasteiger partial charge in [0.15, 0.2) is 6.10 Å². The summed E-state index contributed by atoms with van der Waals surface area (Å²) in [5, 5.41) is 2.53. The number of carbonyl (C=O) groups is 3. The van der Waals surface area contributed by atoms with Crippen molar-refractivity contribution in [2.75, 3.05) is 13.1 Å². The zero-order valence-electron chi connectivity index (χ0n) is 14.9. The standard InChI is InChI=1S/C20H20N2O5/c1-14(18(23)22-12-11-21-20(22)25)27-19(24)16-9-7-15(8-10-16)13-26-17-5-3-2-4-6-17/h2-10,14H,11-13H2,1H3,(H,21,25)/t14-/m0/s1. The van der Waals surface area contributed by atoms with Crippen LogP contribution in [0.15, 0.2) is 54.6 Å². The molecule has 7 heteroatoms. The molecule has 0 aliphatic carbocycles. The van der Waals surface area contributed by atoms with Crippen LogP contribution in [0.4, 0.5) is 4.79 Å². The van der Waals surface area contributed by atoms with E-state index in [1.165, 1.54) is 6.92 Å². The Hall–Kier alpha value is -3.35. The third-order valence-corrected chi connectivity index (χ3v) is 4.09. The zero-order valence-corrected chi connectivity index (χ0v) is 14.9. The van der Waals surface area contributed by atoms with E-state index in [0.717, 1.165) is 16.2 Å². The lowest BCUT2D eigenvalue weighted by molar-refractivity contribution is -0.136. The number of hydrogen-bond donors (Lipinski definition) is 1. The van der Waals surface area contributed by atoms with E-state index in [0.29, 0.717) is 18.7 Å². The Labute approximate surface area is 156 Å². The average molecular weight is 368 g/mol. The molecule has 1 atom stereocenters. The van der Waals surface area contributed by atoms with Crippen molar-refractivity contribution in [1.82, 2.24) is 10.2 Å². The Kier molecular flexibility index (Phi) is 5.71. The van der Waals surface area contributed by atoms with E-state index in [1.807, 2.05) is 30.3 Å². The average Bonchev–Trinajstić information content (AvgIpc) is 3.12. The first-order chi connectivity index (χ1) is 13.0. The molecule has 0 bridgehead atoms. The van der Waals surface area contributed by atoms with Crippen molar-refractivity contribution in [3.05, 3.63) is 65.7 Å². The molecular formula is C20H20N2O5. The third kappa shape index (κ3) is 4.63. The van der Waals surface area contributed by atoms with E-state index < -0.39 is 24.0 Å². The number of para-hydroxylation sites is 1. The van der Waals surface area contributed by atoms with Crippen molar-refractivity contribution in [1.29, 1.82) is 0 Å². The number of hydrogen-bond acceptors (Lipinski definition) is 5. The molecule has 1 aliphatic rings. The highest BCUT2D eigenvalue weighted by Gasteiger charge is 2.31. The summed E-state index contributed by atoms with van der Waals surface area (Å²) in [5.74, 6) is -0.392. The van der Waals surface area contributed by atoms with Crippen molar-refractivity contribution in [3.8, 4) is 5.75 Å². The first kappa shape index (κ1) is 18.4. The molecular weight excluding hydrogens is 348 g/mol. The quantitative estimate of drug-likeness (QED) is 0.791. The minimum atomic E-state index is -1.04. The van der Waals surface area contributed by atoms with Gasteiger partial charge in [-0.05, 0) is 36.8 Å². The maximum Gasteiger partial charge on any atom is 0.338 e. The number of esters is 1. The van der Waals surface area contributed by atoms with E-state index in [4.69, 9.17) is 9.47 Å². The molecule has 1 heterocycles. The van der Waals surface area contributed by atoms with E-state index in [1.54, 1.807) is 24.3 Å². The summed E-state index contributed by atoms with van der Waals surface area (Å²) in [5.41, 5.74) is 1.22. The molecule has 0 aromatic heterocycles. The van der Waals surface area contributed by atoms with Crippen LogP contribution >= 0.6 is 0 Å². The van der Waals surface area contributed by atoms with Crippen LogP contribution in [0.25, 0.3) is 0 Å². The highest BCUT2D eigenvalue weighted by atomic mass is 16.5. The molecule has 7 nitrogen and oxygen atoms in total. The number of carbonyl (C=O) groups excluding carboxylic acids is 3. The highest BCUT2D eigenvalue weighted by molar-refractivity contribution is 5.99. The first-order valence-electron chi connectivity index (χ1n) is 8.61. The van der Waals surface area contributed by atoms with Gasteiger partial charge in [-0.3, -0.25) is 9.69 Å². The van der Waals surface area contributed by atoms with E-state index >= 15 is 0 Å². The Bertz CT molecular complexity index is 820. The van der Waals surface area contributed by atoms with Crippen molar-refractivity contribution in [2.24, 2.45) is 0 Å². The maximum atomic E-state index is 12.2. The second-order valence-corrected chi connectivity index (χ2v) is 6.07. The number of benzene rings is 2. The van der Waals surface area contributed by atoms with Gasteiger partial charge in [0.2, 0.25) is 0 Å². The van der Waals surface area contributed by atoms with E-state index in [2.05, 4.69) is 5.32 Å². The molecule has 27 heavy (non-hydrogen) atoms. The van der Waals surface area contributed by atoms with Crippen LogP contribution in [-0.2, 0) is 16.1 Å². The maximum absolute atomic E-state index is 12.2. The van der Waals surface area contributed by atoms with Gasteiger partial charge in [0, 0.05) is 13.1 Å². The van der Waals surface area contributed by atoms with Crippen LogP contribution in [0.5, 0.6) is 5.75 Å². The second-order valence-electron chi connectivity index (χ2n) is 6.07. The van der Waals surface area contributed by atoms with Gasteiger partial charge in [0.05, 0.1) is 5.56 Å². The van der Waals surface area contributed by atoms with Crippen LogP contribution in [-0.4, -0.2) is 42.0 Å². The Balaban J connectivity index is 1.54. The molecule has 0 radical (unpaired) electrons. The van der Waals surface area contributed by atoms with Gasteiger partial charge in [-0.2, -0.15) is 0 Å². The molecule has 1 fully saturated rings. The van der Waals surface area contributed by atoms with E-state index in [9.17, 15) is 14.4 Å². The first-order valence-corrected chi connectivity index (χ1v) is 8.61. The molecule has 140 valence electrons. The molecule has 2 aromatic rings. The lowest BCUT2D eigenvalue weighted by Crippen LogP contribution is -2.41. The minimum absolute atomic E-state index is 0.273. The fraction of sp³-hybridized carbons (Fsp3) is 0.250. The van der Waals surface area contributed by atoms with Gasteiger partial charge in [-0.1, -0.05) is 30.3 Å². The largest absolute Gasteiger partial charge is 0.489 e. The molecule has 3 amide bonds. The van der Waals surface area contributed by atoms with Crippen LogP contribution in [0.2, 0.25) is 0 Å². The normalized spacial score (nSPS) is 14.4. The number of ether oxygens (including phenoxy) is 2. The smallest absolute Gasteiger partial charge is 0.338 e. The van der Waals surface area contributed by atoms with Crippen LogP contribution < -0.4 is 10.1 Å². The van der Waals surface area contributed by atoms with Crippen LogP contribution in [0, 0.1) is 0 Å². The monoisotopic (exact) mass is 368 g/mol. The molecule has 0 unspecified atom stereocenters. The predicted octanol–water partition coefficient (Wildman–Crippen LogP) is 2.36. The number of urea groups is 1. The van der Waals surface area contributed by atoms with Crippen LogP contribution in [0.3, 0.4) is 0 Å². The van der Waals surface area contributed by atoms with Crippen molar-refractivity contribution in [2.45, 2.75) is 19.6 Å². The molecule has 1 saturated heterocycles. The summed E-state index contributed by atoms with van der Waals surface area (Å²) in [6, 6.07) is 15.7. The number of amides is 3. The van der Waals surface area contributed by atoms with Crippen molar-refractivity contribution in [3.63, 3.8) is 0 Å². The molecule has 1 N–H and O–H groups in total. The lowest BCUT2D eigenvalue weighted by Gasteiger charge is -2.18. The second kappa shape index (κ2) is 8.35. The summed E-state index contributed by atoms with van der Waals surface area (Å²) in [4.78, 5) is 37.0. The highest BCUT2D eigenvalue weighted by Crippen LogP contribution is 2.13. The Morgan fingerprint density at radius 2 is 1.81 bits per heavy atom. The number of rotatable bonds is 6. The zero-order chi connectivity index (χ0) is 19.2. The Morgan fingerprint density at radius 3 is 2.44 bits per heavy atom. The summed E-state index contributed by atoms with van der Waals surface area (Å²) in [6.45, 7) is 2.50. The number of imide groups is 1. The SMILES string of the molecule is C[C@H](OC(=O)c1ccc(COc2ccccc2)cc1)C(=O)N1CCNC1=O. The molecule has 2 aromatic carbocycles.